The van der Waals surface area contributed by atoms with Crippen molar-refractivity contribution in [1.82, 2.24) is 5.32 Å². The zero-order chi connectivity index (χ0) is 18.0. The number of aliphatic imine (C=N–C) groups is 1. The molecule has 2 rings (SSSR count). The molecule has 132 valence electrons. The van der Waals surface area contributed by atoms with Crippen LogP contribution in [0.4, 0.5) is 0 Å². The third-order valence-corrected chi connectivity index (χ3v) is 4.38. The second-order valence-electron chi connectivity index (χ2n) is 8.08. The highest BCUT2D eigenvalue weighted by Gasteiger charge is 2.33. The standard InChI is InChI=1S/C20H30N2O2/c1-7-15(16-10-8-9-14(2)11-16)12-19(3,4)21-17(23)18-22-20(5,6)13-24-18/h8-11,15H,7,12-13H2,1-6H3,(H,21,23). The molecule has 1 aliphatic heterocycles. The molecular weight excluding hydrogens is 300 g/mol. The molecular formula is C20H30N2O2. The van der Waals surface area contributed by atoms with Crippen LogP contribution >= 0.6 is 0 Å². The van der Waals surface area contributed by atoms with Gasteiger partial charge in [0.1, 0.15) is 6.61 Å². The molecule has 1 atom stereocenters. The lowest BCUT2D eigenvalue weighted by molar-refractivity contribution is -0.117. The van der Waals surface area contributed by atoms with Gasteiger partial charge in [-0.25, -0.2) is 4.99 Å². The number of amides is 1. The first-order valence-electron chi connectivity index (χ1n) is 8.73. The summed E-state index contributed by atoms with van der Waals surface area (Å²) < 4.78 is 5.45. The number of carbonyl (C=O) groups is 1. The van der Waals surface area contributed by atoms with Gasteiger partial charge < -0.3 is 10.1 Å². The van der Waals surface area contributed by atoms with Crippen molar-refractivity contribution in [2.45, 2.75) is 71.4 Å². The van der Waals surface area contributed by atoms with Crippen LogP contribution in [0, 0.1) is 6.92 Å². The van der Waals surface area contributed by atoms with Crippen molar-refractivity contribution in [3.63, 3.8) is 0 Å². The van der Waals surface area contributed by atoms with E-state index in [1.165, 1.54) is 11.1 Å². The van der Waals surface area contributed by atoms with Crippen LogP contribution in [0.5, 0.6) is 0 Å². The van der Waals surface area contributed by atoms with Crippen LogP contribution in [-0.2, 0) is 9.53 Å². The zero-order valence-corrected chi connectivity index (χ0v) is 15.8. The molecule has 24 heavy (non-hydrogen) atoms. The van der Waals surface area contributed by atoms with Crippen LogP contribution in [0.2, 0.25) is 0 Å². The average Bonchev–Trinajstić information content (AvgIpc) is 2.85. The van der Waals surface area contributed by atoms with Gasteiger partial charge in [-0.3, -0.25) is 4.79 Å². The van der Waals surface area contributed by atoms with Crippen molar-refractivity contribution in [1.29, 1.82) is 0 Å². The fourth-order valence-corrected chi connectivity index (χ4v) is 3.15. The van der Waals surface area contributed by atoms with Gasteiger partial charge in [0.25, 0.3) is 5.90 Å². The maximum absolute atomic E-state index is 12.4. The van der Waals surface area contributed by atoms with Crippen molar-refractivity contribution < 1.29 is 9.53 Å². The number of rotatable bonds is 6. The van der Waals surface area contributed by atoms with Gasteiger partial charge in [0.2, 0.25) is 0 Å². The predicted molar refractivity (Wildman–Crippen MR) is 98.5 cm³/mol. The van der Waals surface area contributed by atoms with Crippen molar-refractivity contribution in [2.24, 2.45) is 4.99 Å². The minimum Gasteiger partial charge on any atom is -0.471 e. The number of hydrogen-bond donors (Lipinski definition) is 1. The molecule has 1 aromatic rings. The minimum absolute atomic E-state index is 0.205. The first-order chi connectivity index (χ1) is 11.1. The lowest BCUT2D eigenvalue weighted by atomic mass is 9.84. The van der Waals surface area contributed by atoms with Gasteiger partial charge in [-0.15, -0.1) is 0 Å². The Kier molecular flexibility index (Phi) is 5.36. The molecule has 0 fully saturated rings. The number of ether oxygens (including phenoxy) is 1. The molecule has 4 heteroatoms. The number of benzene rings is 1. The van der Waals surface area contributed by atoms with Crippen LogP contribution in [0.1, 0.15) is 64.5 Å². The lowest BCUT2D eigenvalue weighted by Gasteiger charge is -2.30. The Morgan fingerprint density at radius 1 is 1.42 bits per heavy atom. The van der Waals surface area contributed by atoms with Crippen molar-refractivity contribution in [3.05, 3.63) is 35.4 Å². The highest BCUT2D eigenvalue weighted by molar-refractivity contribution is 6.35. The molecule has 1 N–H and O–H groups in total. The van der Waals surface area contributed by atoms with Gasteiger partial charge in [0.15, 0.2) is 0 Å². The molecule has 1 heterocycles. The van der Waals surface area contributed by atoms with E-state index < -0.39 is 0 Å². The van der Waals surface area contributed by atoms with Crippen LogP contribution in [0.25, 0.3) is 0 Å². The number of nitrogens with zero attached hydrogens (tertiary/aromatic N) is 1. The summed E-state index contributed by atoms with van der Waals surface area (Å²) in [5.41, 5.74) is 1.95. The Balaban J connectivity index is 2.05. The Bertz CT molecular complexity index is 632. The topological polar surface area (TPSA) is 50.7 Å². The van der Waals surface area contributed by atoms with E-state index in [1.54, 1.807) is 0 Å². The van der Waals surface area contributed by atoms with Crippen molar-refractivity contribution >= 4 is 11.8 Å². The summed E-state index contributed by atoms with van der Waals surface area (Å²) in [5, 5.41) is 3.09. The van der Waals surface area contributed by atoms with E-state index in [0.717, 1.165) is 12.8 Å². The van der Waals surface area contributed by atoms with Crippen LogP contribution < -0.4 is 5.32 Å². The third-order valence-electron chi connectivity index (χ3n) is 4.38. The fraction of sp³-hybridized carbons (Fsp3) is 0.600. The maximum Gasteiger partial charge on any atom is 0.306 e. The Hall–Kier alpha value is -1.84. The first-order valence-corrected chi connectivity index (χ1v) is 8.73. The number of hydrogen-bond acceptors (Lipinski definition) is 3. The summed E-state index contributed by atoms with van der Waals surface area (Å²) in [6.45, 7) is 12.8. The van der Waals surface area contributed by atoms with Gasteiger partial charge in [0.05, 0.1) is 5.54 Å². The van der Waals surface area contributed by atoms with E-state index in [-0.39, 0.29) is 22.9 Å². The fourth-order valence-electron chi connectivity index (χ4n) is 3.15. The molecule has 0 radical (unpaired) electrons. The summed E-state index contributed by atoms with van der Waals surface area (Å²) in [4.78, 5) is 16.8. The highest BCUT2D eigenvalue weighted by atomic mass is 16.5. The molecule has 0 spiro atoms. The molecule has 0 saturated heterocycles. The third kappa shape index (κ3) is 4.83. The molecule has 0 bridgehead atoms. The van der Waals surface area contributed by atoms with Gasteiger partial charge in [-0.1, -0.05) is 36.8 Å². The van der Waals surface area contributed by atoms with Crippen molar-refractivity contribution in [2.75, 3.05) is 6.61 Å². The van der Waals surface area contributed by atoms with E-state index >= 15 is 0 Å². The monoisotopic (exact) mass is 330 g/mol. The summed E-state index contributed by atoms with van der Waals surface area (Å²) in [6.07, 6.45) is 1.91. The van der Waals surface area contributed by atoms with Gasteiger partial charge in [-0.2, -0.15) is 0 Å². The molecule has 1 aromatic carbocycles. The molecule has 1 aliphatic rings. The maximum atomic E-state index is 12.4. The number of carbonyl (C=O) groups excluding carboxylic acids is 1. The summed E-state index contributed by atoms with van der Waals surface area (Å²) in [7, 11) is 0. The molecule has 1 unspecified atom stereocenters. The highest BCUT2D eigenvalue weighted by Crippen LogP contribution is 2.29. The van der Waals surface area contributed by atoms with E-state index in [1.807, 2.05) is 13.8 Å². The van der Waals surface area contributed by atoms with Crippen molar-refractivity contribution in [3.8, 4) is 0 Å². The van der Waals surface area contributed by atoms with Crippen LogP contribution in [-0.4, -0.2) is 29.5 Å². The van der Waals surface area contributed by atoms with E-state index in [4.69, 9.17) is 4.74 Å². The molecule has 0 aliphatic carbocycles. The largest absolute Gasteiger partial charge is 0.471 e. The molecule has 1 amide bonds. The first kappa shape index (κ1) is 18.5. The molecule has 4 nitrogen and oxygen atoms in total. The van der Waals surface area contributed by atoms with E-state index in [2.05, 4.69) is 62.3 Å². The summed E-state index contributed by atoms with van der Waals surface area (Å²) in [5.74, 6) is 0.393. The second kappa shape index (κ2) is 6.96. The quantitative estimate of drug-likeness (QED) is 0.857. The van der Waals surface area contributed by atoms with E-state index in [9.17, 15) is 4.79 Å². The van der Waals surface area contributed by atoms with E-state index in [0.29, 0.717) is 12.5 Å². The smallest absolute Gasteiger partial charge is 0.306 e. The Labute approximate surface area is 145 Å². The van der Waals surface area contributed by atoms with Gasteiger partial charge in [0, 0.05) is 5.54 Å². The van der Waals surface area contributed by atoms with Crippen LogP contribution in [0.15, 0.2) is 29.3 Å². The average molecular weight is 330 g/mol. The van der Waals surface area contributed by atoms with Gasteiger partial charge in [-0.05, 0) is 58.9 Å². The lowest BCUT2D eigenvalue weighted by Crippen LogP contribution is -2.47. The SMILES string of the molecule is CCC(CC(C)(C)NC(=O)C1=NC(C)(C)CO1)c1cccc(C)c1. The molecule has 0 saturated carbocycles. The predicted octanol–water partition coefficient (Wildman–Crippen LogP) is 3.98. The van der Waals surface area contributed by atoms with Crippen LogP contribution in [0.3, 0.4) is 0 Å². The Morgan fingerprint density at radius 2 is 2.12 bits per heavy atom. The minimum atomic E-state index is -0.333. The molecule has 0 aromatic heterocycles. The number of nitrogens with one attached hydrogen (secondary N) is 1. The van der Waals surface area contributed by atoms with Gasteiger partial charge >= 0.3 is 5.91 Å². The Morgan fingerprint density at radius 3 is 2.67 bits per heavy atom. The zero-order valence-electron chi connectivity index (χ0n) is 15.8. The number of aryl methyl sites for hydroxylation is 1. The summed E-state index contributed by atoms with van der Waals surface area (Å²) >= 11 is 0. The second-order valence-corrected chi connectivity index (χ2v) is 8.08. The summed E-state index contributed by atoms with van der Waals surface area (Å²) in [6, 6.07) is 8.62. The normalized spacial score (nSPS) is 17.8.